The van der Waals surface area contributed by atoms with Crippen molar-refractivity contribution in [3.63, 3.8) is 0 Å². The quantitative estimate of drug-likeness (QED) is 0.260. The summed E-state index contributed by atoms with van der Waals surface area (Å²) in [7, 11) is 0. The molecule has 0 bridgehead atoms. The highest BCUT2D eigenvalue weighted by Gasteiger charge is 2.53. The third kappa shape index (κ3) is 5.19. The van der Waals surface area contributed by atoms with Gasteiger partial charge in [0.1, 0.15) is 11.4 Å². The van der Waals surface area contributed by atoms with Gasteiger partial charge in [0.25, 0.3) is 11.8 Å². The lowest BCUT2D eigenvalue weighted by Gasteiger charge is -2.47. The lowest BCUT2D eigenvalue weighted by atomic mass is 9.83. The van der Waals surface area contributed by atoms with Crippen LogP contribution in [0.1, 0.15) is 79.0 Å². The summed E-state index contributed by atoms with van der Waals surface area (Å²) in [6, 6.07) is 26.0. The first-order chi connectivity index (χ1) is 20.5. The van der Waals surface area contributed by atoms with Crippen molar-refractivity contribution in [2.75, 3.05) is 6.61 Å². The van der Waals surface area contributed by atoms with Gasteiger partial charge < -0.3 is 19.5 Å². The molecule has 1 saturated carbocycles. The summed E-state index contributed by atoms with van der Waals surface area (Å²) in [6.45, 7) is 5.13. The molecule has 6 nitrogen and oxygen atoms in total. The molecule has 2 amide bonds. The van der Waals surface area contributed by atoms with Crippen molar-refractivity contribution >= 4 is 22.7 Å². The minimum atomic E-state index is -1.25. The number of amides is 2. The Labute approximate surface area is 248 Å². The zero-order valence-electron chi connectivity index (χ0n) is 24.8. The third-order valence-electron chi connectivity index (χ3n) is 9.04. The highest BCUT2D eigenvalue weighted by Crippen LogP contribution is 2.41. The van der Waals surface area contributed by atoms with Crippen LogP contribution in [-0.2, 0) is 23.4 Å². The van der Waals surface area contributed by atoms with E-state index in [-0.39, 0.29) is 24.4 Å². The van der Waals surface area contributed by atoms with Gasteiger partial charge in [-0.1, -0.05) is 92.8 Å². The number of carbonyl (C=O) groups excluding carboxylic acids is 2. The molecule has 0 spiro atoms. The summed E-state index contributed by atoms with van der Waals surface area (Å²) in [5.41, 5.74) is 3.15. The van der Waals surface area contributed by atoms with E-state index in [9.17, 15) is 9.59 Å². The number of benzene rings is 3. The van der Waals surface area contributed by atoms with Crippen molar-refractivity contribution in [3.05, 3.63) is 101 Å². The van der Waals surface area contributed by atoms with Crippen LogP contribution >= 0.6 is 0 Å². The number of rotatable bonds is 7. The molecule has 1 atom stereocenters. The Kier molecular flexibility index (Phi) is 8.05. The Morgan fingerprint density at radius 1 is 0.929 bits per heavy atom. The molecule has 42 heavy (non-hydrogen) atoms. The molecule has 1 aliphatic heterocycles. The predicted molar refractivity (Wildman–Crippen MR) is 167 cm³/mol. The number of carbonyl (C=O) groups is 2. The molecule has 218 valence electrons. The summed E-state index contributed by atoms with van der Waals surface area (Å²) >= 11 is 0. The monoisotopic (exact) mass is 563 g/mol. The van der Waals surface area contributed by atoms with E-state index in [2.05, 4.69) is 35.0 Å². The van der Waals surface area contributed by atoms with Gasteiger partial charge in [-0.05, 0) is 56.0 Å². The van der Waals surface area contributed by atoms with Gasteiger partial charge in [-0.3, -0.25) is 9.59 Å². The third-order valence-corrected chi connectivity index (χ3v) is 9.04. The lowest BCUT2D eigenvalue weighted by Crippen LogP contribution is -2.64. The minimum absolute atomic E-state index is 0.0936. The van der Waals surface area contributed by atoms with Gasteiger partial charge in [0.05, 0.1) is 19.7 Å². The van der Waals surface area contributed by atoms with Gasteiger partial charge in [-0.15, -0.1) is 0 Å². The fraction of sp³-hybridized carbons (Fsp3) is 0.389. The average Bonchev–Trinajstić information content (AvgIpc) is 3.34. The van der Waals surface area contributed by atoms with E-state index in [4.69, 9.17) is 4.74 Å². The molecule has 1 fully saturated rings. The molecular weight excluding hydrogens is 522 g/mol. The van der Waals surface area contributed by atoms with Crippen LogP contribution in [0.25, 0.3) is 10.9 Å². The highest BCUT2D eigenvalue weighted by atomic mass is 16.5. The largest absolute Gasteiger partial charge is 0.494 e. The minimum Gasteiger partial charge on any atom is -0.494 e. The highest BCUT2D eigenvalue weighted by molar-refractivity contribution is 6.04. The van der Waals surface area contributed by atoms with E-state index in [1.807, 2.05) is 67.6 Å². The lowest BCUT2D eigenvalue weighted by molar-refractivity contribution is -0.136. The molecule has 1 N–H and O–H groups in total. The molecule has 2 aliphatic rings. The van der Waals surface area contributed by atoms with Gasteiger partial charge >= 0.3 is 0 Å². The molecule has 1 aromatic heterocycles. The van der Waals surface area contributed by atoms with Crippen molar-refractivity contribution < 1.29 is 14.3 Å². The molecule has 1 unspecified atom stereocenters. The number of hydrogen-bond acceptors (Lipinski definition) is 3. The number of nitrogens with one attached hydrogen (secondary N) is 1. The number of fused-ring (bicyclic) bond motifs is 3. The molecule has 6 heteroatoms. The molecule has 0 saturated heterocycles. The SMILES string of the molecule is CCOc1ccccc1CN1C(=O)c2cc3ccc(C)cc3n2CC1(C(=O)NC1CCCCCCC1)c1ccccc1. The van der Waals surface area contributed by atoms with Crippen LogP contribution in [0.5, 0.6) is 5.75 Å². The normalized spacial score (nSPS) is 19.7. The Hall–Kier alpha value is -4.06. The van der Waals surface area contributed by atoms with Gasteiger partial charge in [-0.2, -0.15) is 0 Å². The first kappa shape index (κ1) is 28.1. The number of aryl methyl sites for hydroxylation is 1. The molecule has 2 heterocycles. The second-order valence-electron chi connectivity index (χ2n) is 11.9. The smallest absolute Gasteiger partial charge is 0.272 e. The fourth-order valence-electron chi connectivity index (χ4n) is 6.84. The Morgan fingerprint density at radius 3 is 2.40 bits per heavy atom. The van der Waals surface area contributed by atoms with Gasteiger partial charge in [0.2, 0.25) is 0 Å². The summed E-state index contributed by atoms with van der Waals surface area (Å²) in [5.74, 6) is 0.469. The van der Waals surface area contributed by atoms with E-state index < -0.39 is 5.54 Å². The average molecular weight is 564 g/mol. The van der Waals surface area contributed by atoms with Crippen LogP contribution in [-0.4, -0.2) is 33.9 Å². The molecular formula is C36H41N3O3. The van der Waals surface area contributed by atoms with E-state index in [1.165, 1.54) is 19.3 Å². The Morgan fingerprint density at radius 2 is 1.64 bits per heavy atom. The first-order valence-electron chi connectivity index (χ1n) is 15.5. The number of ether oxygens (including phenoxy) is 1. The van der Waals surface area contributed by atoms with Crippen LogP contribution in [0, 0.1) is 6.92 Å². The Balaban J connectivity index is 1.53. The maximum atomic E-state index is 14.9. The first-order valence-corrected chi connectivity index (χ1v) is 15.5. The molecule has 1 aliphatic carbocycles. The fourth-order valence-corrected chi connectivity index (χ4v) is 6.84. The standard InChI is InChI=1S/C36H41N3O3/c1-3-42-33-19-13-12-14-28(33)24-39-34(40)32-23-27-21-20-26(2)22-31(27)38(32)25-36(39,29-15-8-7-9-16-29)35(41)37-30-17-10-5-4-6-11-18-30/h7-9,12-16,19-23,30H,3-6,10-11,17-18,24-25H2,1-2H3,(H,37,41). The van der Waals surface area contributed by atoms with Gasteiger partial charge in [-0.25, -0.2) is 0 Å². The van der Waals surface area contributed by atoms with Crippen molar-refractivity contribution in [1.82, 2.24) is 14.8 Å². The second-order valence-corrected chi connectivity index (χ2v) is 11.9. The van der Waals surface area contributed by atoms with E-state index in [1.54, 1.807) is 4.90 Å². The molecule has 0 radical (unpaired) electrons. The number of hydrogen-bond donors (Lipinski definition) is 1. The molecule has 3 aromatic carbocycles. The summed E-state index contributed by atoms with van der Waals surface area (Å²) in [5, 5.41) is 4.48. The van der Waals surface area contributed by atoms with Crippen LogP contribution in [0.15, 0.2) is 78.9 Å². The maximum absolute atomic E-state index is 14.9. The second kappa shape index (κ2) is 12.0. The van der Waals surface area contributed by atoms with Gasteiger partial charge in [0.15, 0.2) is 5.54 Å². The summed E-state index contributed by atoms with van der Waals surface area (Å²) in [4.78, 5) is 31.4. The van der Waals surface area contributed by atoms with Crippen molar-refractivity contribution in [2.24, 2.45) is 0 Å². The topological polar surface area (TPSA) is 63.6 Å². The van der Waals surface area contributed by atoms with Crippen LogP contribution in [0.3, 0.4) is 0 Å². The van der Waals surface area contributed by atoms with E-state index in [0.717, 1.165) is 59.0 Å². The summed E-state index contributed by atoms with van der Waals surface area (Å²) in [6.07, 6.45) is 7.82. The van der Waals surface area contributed by atoms with E-state index >= 15 is 0 Å². The number of aromatic nitrogens is 1. The summed E-state index contributed by atoms with van der Waals surface area (Å²) < 4.78 is 8.05. The maximum Gasteiger partial charge on any atom is 0.272 e. The van der Waals surface area contributed by atoms with Crippen molar-refractivity contribution in [2.45, 2.75) is 83.5 Å². The van der Waals surface area contributed by atoms with Crippen LogP contribution in [0.4, 0.5) is 0 Å². The zero-order valence-corrected chi connectivity index (χ0v) is 24.8. The Bertz CT molecular complexity index is 1570. The van der Waals surface area contributed by atoms with Crippen LogP contribution in [0.2, 0.25) is 0 Å². The zero-order chi connectivity index (χ0) is 29.1. The van der Waals surface area contributed by atoms with E-state index in [0.29, 0.717) is 18.8 Å². The molecule has 4 aromatic rings. The van der Waals surface area contributed by atoms with Crippen LogP contribution < -0.4 is 10.1 Å². The predicted octanol–water partition coefficient (Wildman–Crippen LogP) is 7.13. The van der Waals surface area contributed by atoms with Crippen molar-refractivity contribution in [3.8, 4) is 5.75 Å². The number of para-hydroxylation sites is 1. The van der Waals surface area contributed by atoms with Gasteiger partial charge in [0, 0.05) is 22.5 Å². The van der Waals surface area contributed by atoms with Crippen molar-refractivity contribution in [1.29, 1.82) is 0 Å². The number of nitrogens with zero attached hydrogens (tertiary/aromatic N) is 2. The molecule has 6 rings (SSSR count).